The lowest BCUT2D eigenvalue weighted by Crippen LogP contribution is -2.54. The van der Waals surface area contributed by atoms with E-state index in [1.54, 1.807) is 0 Å². The molecule has 0 amide bonds. The van der Waals surface area contributed by atoms with E-state index in [4.69, 9.17) is 0 Å². The van der Waals surface area contributed by atoms with Gasteiger partial charge in [0.2, 0.25) is 0 Å². The van der Waals surface area contributed by atoms with Gasteiger partial charge in [-0.05, 0) is 25.3 Å². The Morgan fingerprint density at radius 1 is 1.38 bits per heavy atom. The van der Waals surface area contributed by atoms with Crippen LogP contribution in [0.2, 0.25) is 0 Å². The van der Waals surface area contributed by atoms with Crippen LogP contribution >= 0.6 is 0 Å². The van der Waals surface area contributed by atoms with Gasteiger partial charge in [-0.15, -0.1) is 0 Å². The molecule has 0 aromatic rings. The maximum atomic E-state index is 9.21. The molecule has 2 heteroatoms. The average molecular weight is 180 g/mol. The van der Waals surface area contributed by atoms with Gasteiger partial charge < -0.3 is 5.32 Å². The van der Waals surface area contributed by atoms with Crippen LogP contribution in [0.15, 0.2) is 0 Å². The zero-order chi connectivity index (χ0) is 10.1. The minimum absolute atomic E-state index is 0.0903. The van der Waals surface area contributed by atoms with E-state index in [0.29, 0.717) is 6.04 Å². The molecule has 13 heavy (non-hydrogen) atoms. The summed E-state index contributed by atoms with van der Waals surface area (Å²) in [6, 6.07) is 2.83. The van der Waals surface area contributed by atoms with Crippen LogP contribution in [0.5, 0.6) is 0 Å². The fourth-order valence-electron chi connectivity index (χ4n) is 2.56. The van der Waals surface area contributed by atoms with Crippen molar-refractivity contribution in [3.8, 4) is 6.07 Å². The molecule has 0 spiro atoms. The molecule has 2 nitrogen and oxygen atoms in total. The highest BCUT2D eigenvalue weighted by atomic mass is 14.9. The van der Waals surface area contributed by atoms with E-state index in [2.05, 4.69) is 32.2 Å². The Kier molecular flexibility index (Phi) is 2.68. The van der Waals surface area contributed by atoms with Crippen LogP contribution < -0.4 is 5.32 Å². The second-order valence-electron chi connectivity index (χ2n) is 5.21. The molecule has 1 atom stereocenters. The Morgan fingerprint density at radius 3 is 2.00 bits per heavy atom. The highest BCUT2D eigenvalue weighted by Crippen LogP contribution is 2.48. The molecule has 1 unspecified atom stereocenters. The predicted octanol–water partition coefficient (Wildman–Crippen LogP) is 2.31. The monoisotopic (exact) mass is 180 g/mol. The molecule has 74 valence electrons. The first-order valence-electron chi connectivity index (χ1n) is 5.05. The van der Waals surface area contributed by atoms with Crippen LogP contribution in [-0.2, 0) is 0 Å². The van der Waals surface area contributed by atoms with E-state index in [-0.39, 0.29) is 10.8 Å². The highest BCUT2D eigenvalue weighted by Gasteiger charge is 2.48. The molecule has 1 N–H and O–H groups in total. The Balaban J connectivity index is 2.83. The van der Waals surface area contributed by atoms with Gasteiger partial charge in [-0.2, -0.15) is 5.26 Å². The number of hydrogen-bond donors (Lipinski definition) is 1. The molecule has 1 rings (SSSR count). The lowest BCUT2D eigenvalue weighted by molar-refractivity contribution is 0.0742. The molecule has 0 saturated heterocycles. The molecular weight excluding hydrogens is 160 g/mol. The van der Waals surface area contributed by atoms with Crippen LogP contribution in [-0.4, -0.2) is 13.1 Å². The van der Waals surface area contributed by atoms with Crippen molar-refractivity contribution in [3.63, 3.8) is 0 Å². The molecule has 0 radical (unpaired) electrons. The zero-order valence-electron chi connectivity index (χ0n) is 9.15. The van der Waals surface area contributed by atoms with Crippen molar-refractivity contribution in [1.29, 1.82) is 5.26 Å². The van der Waals surface area contributed by atoms with Gasteiger partial charge in [0.05, 0.1) is 11.5 Å². The SMILES string of the molecule is CNC(C(C)(C)C)C1(C#N)CCC1. The summed E-state index contributed by atoms with van der Waals surface area (Å²) in [6.07, 6.45) is 3.33. The second kappa shape index (κ2) is 3.31. The standard InChI is InChI=1S/C11H20N2/c1-10(2,3)9(13-4)11(8-12)6-5-7-11/h9,13H,5-7H2,1-4H3. The molecule has 0 aliphatic heterocycles. The molecular formula is C11H20N2. The van der Waals surface area contributed by atoms with E-state index in [9.17, 15) is 5.26 Å². The quantitative estimate of drug-likeness (QED) is 0.708. The van der Waals surface area contributed by atoms with Gasteiger partial charge in [-0.3, -0.25) is 0 Å². The maximum absolute atomic E-state index is 9.21. The Bertz CT molecular complexity index is 215. The molecule has 1 aliphatic carbocycles. The number of nitrogens with one attached hydrogen (secondary N) is 1. The van der Waals surface area contributed by atoms with E-state index in [1.165, 1.54) is 6.42 Å². The van der Waals surface area contributed by atoms with Gasteiger partial charge in [0.25, 0.3) is 0 Å². The number of hydrogen-bond acceptors (Lipinski definition) is 2. The first-order valence-corrected chi connectivity index (χ1v) is 5.05. The summed E-state index contributed by atoms with van der Waals surface area (Å²) in [5.41, 5.74) is 0.0813. The molecule has 1 aliphatic rings. The molecule has 1 saturated carbocycles. The van der Waals surface area contributed by atoms with Crippen molar-refractivity contribution in [3.05, 3.63) is 0 Å². The number of nitriles is 1. The normalized spacial score (nSPS) is 23.0. The second-order valence-corrected chi connectivity index (χ2v) is 5.21. The summed E-state index contributed by atoms with van der Waals surface area (Å²) in [5.74, 6) is 0. The number of nitrogens with zero attached hydrogens (tertiary/aromatic N) is 1. The lowest BCUT2D eigenvalue weighted by atomic mass is 9.59. The summed E-state index contributed by atoms with van der Waals surface area (Å²) in [6.45, 7) is 6.60. The average Bonchev–Trinajstić information content (AvgIpc) is 1.93. The predicted molar refractivity (Wildman–Crippen MR) is 54.2 cm³/mol. The molecule has 0 heterocycles. The van der Waals surface area contributed by atoms with E-state index in [1.807, 2.05) is 7.05 Å². The fourth-order valence-corrected chi connectivity index (χ4v) is 2.56. The molecule has 0 bridgehead atoms. The number of rotatable bonds is 2. The van der Waals surface area contributed by atoms with Gasteiger partial charge in [0, 0.05) is 6.04 Å². The fraction of sp³-hybridized carbons (Fsp3) is 0.909. The summed E-state index contributed by atoms with van der Waals surface area (Å²) in [5, 5.41) is 12.5. The summed E-state index contributed by atoms with van der Waals surface area (Å²) < 4.78 is 0. The summed E-state index contributed by atoms with van der Waals surface area (Å²) >= 11 is 0. The highest BCUT2D eigenvalue weighted by molar-refractivity contribution is 5.13. The largest absolute Gasteiger partial charge is 0.315 e. The first-order chi connectivity index (χ1) is 5.96. The molecule has 1 fully saturated rings. The molecule has 0 aromatic heterocycles. The third kappa shape index (κ3) is 1.71. The van der Waals surface area contributed by atoms with Gasteiger partial charge in [-0.1, -0.05) is 27.2 Å². The third-order valence-electron chi connectivity index (χ3n) is 3.18. The van der Waals surface area contributed by atoms with Crippen molar-refractivity contribution < 1.29 is 0 Å². The van der Waals surface area contributed by atoms with Crippen molar-refractivity contribution in [2.24, 2.45) is 10.8 Å². The summed E-state index contributed by atoms with van der Waals surface area (Å²) in [4.78, 5) is 0. The lowest BCUT2D eigenvalue weighted by Gasteiger charge is -2.47. The van der Waals surface area contributed by atoms with Crippen molar-refractivity contribution in [1.82, 2.24) is 5.32 Å². The maximum Gasteiger partial charge on any atom is 0.0731 e. The Hall–Kier alpha value is -0.550. The summed E-state index contributed by atoms with van der Waals surface area (Å²) in [7, 11) is 1.97. The van der Waals surface area contributed by atoms with Gasteiger partial charge >= 0.3 is 0 Å². The van der Waals surface area contributed by atoms with Gasteiger partial charge in [0.1, 0.15) is 0 Å². The van der Waals surface area contributed by atoms with E-state index in [0.717, 1.165) is 12.8 Å². The zero-order valence-corrected chi connectivity index (χ0v) is 9.15. The van der Waals surface area contributed by atoms with Crippen molar-refractivity contribution in [2.75, 3.05) is 7.05 Å². The first kappa shape index (κ1) is 10.5. The van der Waals surface area contributed by atoms with E-state index >= 15 is 0 Å². The molecule has 0 aromatic carbocycles. The van der Waals surface area contributed by atoms with Crippen LogP contribution in [0, 0.1) is 22.2 Å². The minimum atomic E-state index is -0.0903. The Labute approximate surface area is 81.3 Å². The van der Waals surface area contributed by atoms with Crippen LogP contribution in [0.3, 0.4) is 0 Å². The van der Waals surface area contributed by atoms with Crippen molar-refractivity contribution >= 4 is 0 Å². The smallest absolute Gasteiger partial charge is 0.0731 e. The van der Waals surface area contributed by atoms with Crippen LogP contribution in [0.4, 0.5) is 0 Å². The third-order valence-corrected chi connectivity index (χ3v) is 3.18. The van der Waals surface area contributed by atoms with Gasteiger partial charge in [-0.25, -0.2) is 0 Å². The van der Waals surface area contributed by atoms with Crippen LogP contribution in [0.1, 0.15) is 40.0 Å². The topological polar surface area (TPSA) is 35.8 Å². The van der Waals surface area contributed by atoms with Crippen LogP contribution in [0.25, 0.3) is 0 Å². The van der Waals surface area contributed by atoms with Crippen molar-refractivity contribution in [2.45, 2.75) is 46.1 Å². The Morgan fingerprint density at radius 2 is 1.92 bits per heavy atom. The minimum Gasteiger partial charge on any atom is -0.315 e. The van der Waals surface area contributed by atoms with Gasteiger partial charge in [0.15, 0.2) is 0 Å². The van der Waals surface area contributed by atoms with E-state index < -0.39 is 0 Å².